The third-order valence-corrected chi connectivity index (χ3v) is 2.86. The third kappa shape index (κ3) is 5.81. The van der Waals surface area contributed by atoms with Gasteiger partial charge in [-0.2, -0.15) is 0 Å². The standard InChI is InChI=1S/C17H22O4/c1-5-20-16(19)9-7-6-8-15-10-12(2)17(13(3)11-15)21-14(4)18/h6,8,10-11H,5,7,9H2,1-4H3/b8-6+. The Hall–Kier alpha value is -2.10. The van der Waals surface area contributed by atoms with Crippen molar-refractivity contribution in [1.82, 2.24) is 0 Å². The molecule has 0 radical (unpaired) electrons. The van der Waals surface area contributed by atoms with E-state index in [-0.39, 0.29) is 11.9 Å². The van der Waals surface area contributed by atoms with Crippen LogP contribution in [0.25, 0.3) is 6.08 Å². The van der Waals surface area contributed by atoms with Gasteiger partial charge in [-0.25, -0.2) is 0 Å². The predicted octanol–water partition coefficient (Wildman–Crippen LogP) is 3.59. The van der Waals surface area contributed by atoms with Crippen molar-refractivity contribution in [2.24, 2.45) is 0 Å². The summed E-state index contributed by atoms with van der Waals surface area (Å²) in [7, 11) is 0. The Morgan fingerprint density at radius 2 is 1.81 bits per heavy atom. The molecule has 0 fully saturated rings. The molecule has 0 bridgehead atoms. The van der Waals surface area contributed by atoms with Crippen molar-refractivity contribution in [3.8, 4) is 5.75 Å². The molecule has 0 heterocycles. The molecule has 0 unspecified atom stereocenters. The van der Waals surface area contributed by atoms with E-state index in [2.05, 4.69) is 0 Å². The lowest BCUT2D eigenvalue weighted by Gasteiger charge is -2.10. The highest BCUT2D eigenvalue weighted by molar-refractivity contribution is 5.71. The fourth-order valence-electron chi connectivity index (χ4n) is 2.04. The minimum atomic E-state index is -0.320. The first-order valence-corrected chi connectivity index (χ1v) is 7.05. The van der Waals surface area contributed by atoms with E-state index in [0.717, 1.165) is 16.7 Å². The lowest BCUT2D eigenvalue weighted by molar-refractivity contribution is -0.143. The molecular weight excluding hydrogens is 268 g/mol. The molecule has 1 rings (SSSR count). The van der Waals surface area contributed by atoms with Gasteiger partial charge in [0.1, 0.15) is 5.75 Å². The lowest BCUT2D eigenvalue weighted by atomic mass is 10.0. The highest BCUT2D eigenvalue weighted by atomic mass is 16.5. The number of benzene rings is 1. The molecule has 0 N–H and O–H groups in total. The van der Waals surface area contributed by atoms with Gasteiger partial charge < -0.3 is 9.47 Å². The van der Waals surface area contributed by atoms with Crippen LogP contribution in [-0.4, -0.2) is 18.5 Å². The zero-order valence-electron chi connectivity index (χ0n) is 13.1. The van der Waals surface area contributed by atoms with Crippen LogP contribution in [0.1, 0.15) is 43.4 Å². The monoisotopic (exact) mass is 290 g/mol. The van der Waals surface area contributed by atoms with Gasteiger partial charge in [-0.3, -0.25) is 9.59 Å². The summed E-state index contributed by atoms with van der Waals surface area (Å²) in [6.07, 6.45) is 4.92. The SMILES string of the molecule is CCOC(=O)CC/C=C/c1cc(C)c(OC(C)=O)c(C)c1. The predicted molar refractivity (Wildman–Crippen MR) is 82.1 cm³/mol. The van der Waals surface area contributed by atoms with Crippen LogP contribution in [0.5, 0.6) is 5.75 Å². The molecule has 0 saturated heterocycles. The van der Waals surface area contributed by atoms with Crippen molar-refractivity contribution < 1.29 is 19.1 Å². The Labute approximate surface area is 125 Å². The number of hydrogen-bond acceptors (Lipinski definition) is 4. The quantitative estimate of drug-likeness (QED) is 0.593. The molecule has 114 valence electrons. The fraction of sp³-hybridized carbons (Fsp3) is 0.412. The van der Waals surface area contributed by atoms with E-state index >= 15 is 0 Å². The highest BCUT2D eigenvalue weighted by Gasteiger charge is 2.07. The molecule has 1 aromatic carbocycles. The first kappa shape index (κ1) is 17.0. The van der Waals surface area contributed by atoms with E-state index in [1.165, 1.54) is 6.92 Å². The van der Waals surface area contributed by atoms with E-state index < -0.39 is 0 Å². The topological polar surface area (TPSA) is 52.6 Å². The van der Waals surface area contributed by atoms with Gasteiger partial charge in [0, 0.05) is 13.3 Å². The Kier molecular flexibility index (Phi) is 6.66. The van der Waals surface area contributed by atoms with Crippen LogP contribution in [0.15, 0.2) is 18.2 Å². The van der Waals surface area contributed by atoms with Gasteiger partial charge in [-0.1, -0.05) is 12.2 Å². The number of ether oxygens (including phenoxy) is 2. The van der Waals surface area contributed by atoms with Gasteiger partial charge in [-0.05, 0) is 56.0 Å². The number of carbonyl (C=O) groups excluding carboxylic acids is 2. The van der Waals surface area contributed by atoms with Crippen molar-refractivity contribution in [2.75, 3.05) is 6.61 Å². The molecule has 0 aromatic heterocycles. The average Bonchev–Trinajstić information content (AvgIpc) is 2.39. The molecule has 21 heavy (non-hydrogen) atoms. The molecular formula is C17H22O4. The van der Waals surface area contributed by atoms with Crippen LogP contribution >= 0.6 is 0 Å². The van der Waals surface area contributed by atoms with Gasteiger partial charge in [0.2, 0.25) is 0 Å². The first-order valence-electron chi connectivity index (χ1n) is 7.05. The highest BCUT2D eigenvalue weighted by Crippen LogP contribution is 2.25. The van der Waals surface area contributed by atoms with E-state index in [1.807, 2.05) is 38.1 Å². The van der Waals surface area contributed by atoms with E-state index in [9.17, 15) is 9.59 Å². The minimum Gasteiger partial charge on any atom is -0.466 e. The molecule has 0 spiro atoms. The van der Waals surface area contributed by atoms with Gasteiger partial charge >= 0.3 is 11.9 Å². The molecule has 0 aliphatic heterocycles. The summed E-state index contributed by atoms with van der Waals surface area (Å²) in [5.74, 6) is 0.116. The van der Waals surface area contributed by atoms with Crippen molar-refractivity contribution in [3.63, 3.8) is 0 Å². The summed E-state index contributed by atoms with van der Waals surface area (Å²) in [5.41, 5.74) is 2.84. The second-order valence-corrected chi connectivity index (χ2v) is 4.82. The maximum absolute atomic E-state index is 11.2. The van der Waals surface area contributed by atoms with E-state index in [1.54, 1.807) is 6.92 Å². The average molecular weight is 290 g/mol. The largest absolute Gasteiger partial charge is 0.466 e. The van der Waals surface area contributed by atoms with Crippen molar-refractivity contribution in [1.29, 1.82) is 0 Å². The van der Waals surface area contributed by atoms with Gasteiger partial charge in [0.05, 0.1) is 6.61 Å². The summed E-state index contributed by atoms with van der Waals surface area (Å²) in [5, 5.41) is 0. The molecule has 0 saturated carbocycles. The second kappa shape index (κ2) is 8.25. The summed E-state index contributed by atoms with van der Waals surface area (Å²) >= 11 is 0. The normalized spacial score (nSPS) is 10.7. The number of aryl methyl sites for hydroxylation is 2. The van der Waals surface area contributed by atoms with Crippen molar-refractivity contribution in [3.05, 3.63) is 34.9 Å². The van der Waals surface area contributed by atoms with Crippen LogP contribution in [0.2, 0.25) is 0 Å². The Balaban J connectivity index is 2.68. The Morgan fingerprint density at radius 3 is 2.33 bits per heavy atom. The molecule has 0 amide bonds. The first-order chi connectivity index (χ1) is 9.93. The summed E-state index contributed by atoms with van der Waals surface area (Å²) < 4.78 is 10.1. The number of hydrogen-bond donors (Lipinski definition) is 0. The fourth-order valence-corrected chi connectivity index (χ4v) is 2.04. The number of esters is 2. The molecule has 1 aromatic rings. The van der Waals surface area contributed by atoms with Crippen molar-refractivity contribution in [2.45, 2.75) is 40.5 Å². The Bertz CT molecular complexity index is 521. The summed E-state index contributed by atoms with van der Waals surface area (Å²) in [6.45, 7) is 7.41. The minimum absolute atomic E-state index is 0.181. The maximum atomic E-state index is 11.2. The Morgan fingerprint density at radius 1 is 1.19 bits per heavy atom. The molecule has 4 heteroatoms. The zero-order chi connectivity index (χ0) is 15.8. The van der Waals surface area contributed by atoms with Crippen LogP contribution in [0.3, 0.4) is 0 Å². The number of rotatable bonds is 6. The van der Waals surface area contributed by atoms with E-state index in [0.29, 0.717) is 25.2 Å². The van der Waals surface area contributed by atoms with Gasteiger partial charge in [0.25, 0.3) is 0 Å². The van der Waals surface area contributed by atoms with Gasteiger partial charge in [-0.15, -0.1) is 0 Å². The summed E-state index contributed by atoms with van der Waals surface area (Å²) in [6, 6.07) is 3.90. The summed E-state index contributed by atoms with van der Waals surface area (Å²) in [4.78, 5) is 22.3. The molecule has 0 atom stereocenters. The smallest absolute Gasteiger partial charge is 0.308 e. The molecule has 4 nitrogen and oxygen atoms in total. The molecule has 0 aliphatic rings. The van der Waals surface area contributed by atoms with Crippen LogP contribution in [-0.2, 0) is 14.3 Å². The lowest BCUT2D eigenvalue weighted by Crippen LogP contribution is -2.04. The van der Waals surface area contributed by atoms with E-state index in [4.69, 9.17) is 9.47 Å². The maximum Gasteiger partial charge on any atom is 0.308 e. The van der Waals surface area contributed by atoms with Crippen LogP contribution in [0, 0.1) is 13.8 Å². The number of allylic oxidation sites excluding steroid dienone is 1. The van der Waals surface area contributed by atoms with Crippen molar-refractivity contribution >= 4 is 18.0 Å². The second-order valence-electron chi connectivity index (χ2n) is 4.82. The third-order valence-electron chi connectivity index (χ3n) is 2.86. The number of carbonyl (C=O) groups is 2. The van der Waals surface area contributed by atoms with Crippen LogP contribution in [0.4, 0.5) is 0 Å². The van der Waals surface area contributed by atoms with Crippen LogP contribution < -0.4 is 4.74 Å². The zero-order valence-corrected chi connectivity index (χ0v) is 13.1. The molecule has 0 aliphatic carbocycles. The van der Waals surface area contributed by atoms with Gasteiger partial charge in [0.15, 0.2) is 0 Å².